The Morgan fingerprint density at radius 2 is 1.17 bits per heavy atom. The predicted octanol–water partition coefficient (Wildman–Crippen LogP) is 7.75. The van der Waals surface area contributed by atoms with Crippen molar-refractivity contribution in [2.24, 2.45) is 62.6 Å². The number of hydrogen-bond acceptors (Lipinski definition) is 15. The molecule has 0 aliphatic heterocycles. The van der Waals surface area contributed by atoms with Crippen molar-refractivity contribution in [3.8, 4) is 0 Å². The number of aliphatic hydroxyl groups is 1. The van der Waals surface area contributed by atoms with Gasteiger partial charge in [-0.15, -0.1) is 0 Å². The summed E-state index contributed by atoms with van der Waals surface area (Å²) in [7, 11) is 0. The zero-order valence-corrected chi connectivity index (χ0v) is 45.3. The van der Waals surface area contributed by atoms with Crippen molar-refractivity contribution in [2.75, 3.05) is 13.2 Å². The molecule has 16 nitrogen and oxygen atoms in total. The van der Waals surface area contributed by atoms with E-state index in [0.29, 0.717) is 35.0 Å². The summed E-state index contributed by atoms with van der Waals surface area (Å²) in [6.07, 6.45) is 5.70. The van der Waals surface area contributed by atoms with Gasteiger partial charge in [0.2, 0.25) is 5.91 Å². The first-order valence-electron chi connectivity index (χ1n) is 26.6. The quantitative estimate of drug-likeness (QED) is 0.105. The van der Waals surface area contributed by atoms with E-state index in [9.17, 15) is 38.7 Å². The fraction of sp³-hybridized carbons (Fsp3) is 0.873. The summed E-state index contributed by atoms with van der Waals surface area (Å²) in [5, 5.41) is 15.0. The Hall–Kier alpha value is -3.79. The van der Waals surface area contributed by atoms with Gasteiger partial charge in [-0.05, 0) is 140 Å². The lowest BCUT2D eigenvalue weighted by Gasteiger charge is -2.73. The van der Waals surface area contributed by atoms with Crippen molar-refractivity contribution in [3.05, 3.63) is 0 Å². The van der Waals surface area contributed by atoms with Gasteiger partial charge in [-0.3, -0.25) is 33.6 Å². The van der Waals surface area contributed by atoms with E-state index >= 15 is 0 Å². The molecule has 2 N–H and O–H groups in total. The molecule has 6 saturated carbocycles. The van der Waals surface area contributed by atoms with Gasteiger partial charge in [-0.2, -0.15) is 0 Å². The molecule has 0 spiro atoms. The topological polar surface area (TPSA) is 216 Å². The average Bonchev–Trinajstić information content (AvgIpc) is 3.69. The number of hydrogen-bond donors (Lipinski definition) is 2. The maximum atomic E-state index is 12.9. The zero-order chi connectivity index (χ0) is 52.8. The minimum absolute atomic E-state index is 0.187. The first-order chi connectivity index (χ1) is 32.9. The molecule has 0 aromatic heterocycles. The van der Waals surface area contributed by atoms with E-state index in [0.717, 1.165) is 52.4 Å². The fourth-order valence-corrected chi connectivity index (χ4v) is 17.2. The molecule has 0 heterocycles. The molecule has 0 radical (unpaired) electrons. The Bertz CT molecular complexity index is 2020. The van der Waals surface area contributed by atoms with Gasteiger partial charge in [0.05, 0.1) is 12.6 Å². The Balaban J connectivity index is 1.24. The summed E-state index contributed by atoms with van der Waals surface area (Å²) in [6, 6.07) is -1.42. The van der Waals surface area contributed by atoms with E-state index in [-0.39, 0.29) is 28.6 Å². The second kappa shape index (κ2) is 21.2. The van der Waals surface area contributed by atoms with Gasteiger partial charge in [-0.25, -0.2) is 0 Å². The van der Waals surface area contributed by atoms with Gasteiger partial charge in [0.15, 0.2) is 30.0 Å². The highest BCUT2D eigenvalue weighted by Gasteiger charge is 2.71. The highest BCUT2D eigenvalue weighted by atomic mass is 16.6. The van der Waals surface area contributed by atoms with Gasteiger partial charge < -0.3 is 43.6 Å². The third kappa shape index (κ3) is 10.9. The lowest BCUT2D eigenvalue weighted by atomic mass is 9.32. The Labute approximate surface area is 422 Å². The number of fused-ring (bicyclic) bond motifs is 7. The molecule has 6 rings (SSSR count). The van der Waals surface area contributed by atoms with Crippen molar-refractivity contribution in [2.45, 2.75) is 229 Å². The molecule has 71 heavy (non-hydrogen) atoms. The van der Waals surface area contributed by atoms with Crippen LogP contribution in [0.5, 0.6) is 0 Å². The Kier molecular flexibility index (Phi) is 16.9. The highest BCUT2D eigenvalue weighted by molar-refractivity contribution is 5.74. The van der Waals surface area contributed by atoms with E-state index in [1.54, 1.807) is 0 Å². The van der Waals surface area contributed by atoms with Gasteiger partial charge in [0, 0.05) is 48.5 Å². The molecule has 6 fully saturated rings. The van der Waals surface area contributed by atoms with Crippen molar-refractivity contribution in [3.63, 3.8) is 0 Å². The lowest BCUT2D eigenvalue weighted by molar-refractivity contribution is -0.241. The summed E-state index contributed by atoms with van der Waals surface area (Å²) >= 11 is 0. The maximum absolute atomic E-state index is 12.9. The Morgan fingerprint density at radius 1 is 0.592 bits per heavy atom. The van der Waals surface area contributed by atoms with Crippen LogP contribution in [0.15, 0.2) is 0 Å². The lowest BCUT2D eigenvalue weighted by Crippen LogP contribution is -2.65. The summed E-state index contributed by atoms with van der Waals surface area (Å²) in [5.41, 5.74) is -0.989. The van der Waals surface area contributed by atoms with Gasteiger partial charge >= 0.3 is 35.8 Å². The SMILES string of the molecule is CC(=O)NC1C(OC(C)=O)C(OC(C)=O)C(O)(COC(C)=O)C1OCC(OC(C)=O)C(OC(C)=O)C(CC[C@@H](C)[C@H]1CC[C@]2(C)[C@H]3CC[C@@H]4[C@@]5(C)CCCC(C)(C)[C@@H]5CC[C@@]4(C)[C@]3(C)CC[C@@H]12)OC(C)=O. The molecule has 6 aliphatic carbocycles. The number of esters is 6. The summed E-state index contributed by atoms with van der Waals surface area (Å²) in [4.78, 5) is 88.4. The number of carbonyl (C=O) groups excluding carboxylic acids is 7. The number of nitrogens with one attached hydrogen (secondary N) is 1. The van der Waals surface area contributed by atoms with Crippen LogP contribution in [-0.2, 0) is 66.7 Å². The van der Waals surface area contributed by atoms with Crippen LogP contribution >= 0.6 is 0 Å². The summed E-state index contributed by atoms with van der Waals surface area (Å²) in [6.45, 7) is 24.4. The molecule has 402 valence electrons. The van der Waals surface area contributed by atoms with Crippen LogP contribution in [0.1, 0.15) is 180 Å². The standard InChI is InChI=1S/C55H87NO15/c1-30(38-20-25-51(11)39(38)21-26-53(13)43(51)18-19-44-52(12)24-15-23-50(9,10)42(52)22-27-54(44,53)14)16-17-40(67-33(4)59)46(69-35(6)61)41(68-34(5)60)28-65-48-45(56-31(2)57)47(70-36(7)62)49(71-37(8)63)55(48,64)29-66-32(3)58/h30,38-49,64H,15-29H2,1-14H3,(H,56,57)/t30-,38-,39+,40?,41?,42+,43-,44-,45?,46?,47?,48?,49?,51+,52+,53-,54-,55?/m1/s1. The number of amides is 1. The van der Waals surface area contributed by atoms with E-state index in [1.165, 1.54) is 78.6 Å². The molecule has 0 aromatic rings. The van der Waals surface area contributed by atoms with Crippen molar-refractivity contribution >= 4 is 41.7 Å². The van der Waals surface area contributed by atoms with Gasteiger partial charge in [0.1, 0.15) is 18.8 Å². The highest BCUT2D eigenvalue weighted by Crippen LogP contribution is 2.78. The number of carbonyl (C=O) groups is 7. The van der Waals surface area contributed by atoms with E-state index in [2.05, 4.69) is 53.8 Å². The molecule has 16 heteroatoms. The van der Waals surface area contributed by atoms with Gasteiger partial charge in [0.25, 0.3) is 0 Å². The van der Waals surface area contributed by atoms with Crippen LogP contribution in [0.4, 0.5) is 0 Å². The average molecular weight is 1000 g/mol. The van der Waals surface area contributed by atoms with Crippen LogP contribution < -0.4 is 5.32 Å². The van der Waals surface area contributed by atoms with Crippen molar-refractivity contribution < 1.29 is 71.8 Å². The maximum Gasteiger partial charge on any atom is 0.303 e. The first kappa shape index (κ1) is 56.5. The second-order valence-corrected chi connectivity index (χ2v) is 24.6. The van der Waals surface area contributed by atoms with Crippen LogP contribution in [0.25, 0.3) is 0 Å². The molecular formula is C55H87NO15. The summed E-state index contributed by atoms with van der Waals surface area (Å²) < 4.78 is 40.2. The van der Waals surface area contributed by atoms with E-state index in [4.69, 9.17) is 33.2 Å². The number of ether oxygens (including phenoxy) is 7. The largest absolute Gasteiger partial charge is 0.463 e. The molecule has 0 bridgehead atoms. The smallest absolute Gasteiger partial charge is 0.303 e. The van der Waals surface area contributed by atoms with Gasteiger partial charge in [-0.1, -0.05) is 54.9 Å². The molecule has 8 unspecified atom stereocenters. The number of rotatable bonds is 17. The van der Waals surface area contributed by atoms with Crippen LogP contribution in [0.2, 0.25) is 0 Å². The fourth-order valence-electron chi connectivity index (χ4n) is 17.2. The third-order valence-corrected chi connectivity index (χ3v) is 19.9. The first-order valence-corrected chi connectivity index (χ1v) is 26.6. The minimum Gasteiger partial charge on any atom is -0.463 e. The van der Waals surface area contributed by atoms with Crippen LogP contribution in [0, 0.1) is 62.6 Å². The molecule has 18 atom stereocenters. The monoisotopic (exact) mass is 1000 g/mol. The molecule has 0 aromatic carbocycles. The van der Waals surface area contributed by atoms with E-state index in [1.807, 2.05) is 0 Å². The van der Waals surface area contributed by atoms with Crippen LogP contribution in [-0.4, -0.2) is 108 Å². The Morgan fingerprint density at radius 3 is 1.73 bits per heavy atom. The normalized spacial score (nSPS) is 39.6. The molecule has 1 amide bonds. The second-order valence-electron chi connectivity index (χ2n) is 24.6. The van der Waals surface area contributed by atoms with Crippen LogP contribution in [0.3, 0.4) is 0 Å². The zero-order valence-electron chi connectivity index (χ0n) is 45.3. The summed E-state index contributed by atoms with van der Waals surface area (Å²) in [5.74, 6) is -2.18. The van der Waals surface area contributed by atoms with Crippen molar-refractivity contribution in [1.29, 1.82) is 0 Å². The molecular weight excluding hydrogens is 915 g/mol. The minimum atomic E-state index is -2.47. The third-order valence-electron chi connectivity index (χ3n) is 19.9. The van der Waals surface area contributed by atoms with E-state index < -0.39 is 103 Å². The molecule has 0 saturated heterocycles. The predicted molar refractivity (Wildman–Crippen MR) is 260 cm³/mol. The van der Waals surface area contributed by atoms with Crippen molar-refractivity contribution in [1.82, 2.24) is 5.32 Å². The molecule has 6 aliphatic rings.